The number of aryl methyl sites for hydroxylation is 1. The van der Waals surface area contributed by atoms with Crippen molar-refractivity contribution in [2.45, 2.75) is 46.1 Å². The number of carbonyl (C=O) groups excluding carboxylic acids is 1. The summed E-state index contributed by atoms with van der Waals surface area (Å²) in [7, 11) is 0. The highest BCUT2D eigenvalue weighted by Gasteiger charge is 2.31. The van der Waals surface area contributed by atoms with Crippen LogP contribution in [0, 0.1) is 12.3 Å². The van der Waals surface area contributed by atoms with Gasteiger partial charge in [-0.3, -0.25) is 4.79 Å². The van der Waals surface area contributed by atoms with Crippen molar-refractivity contribution in [1.29, 1.82) is 0 Å². The minimum absolute atomic E-state index is 0.0322. The predicted octanol–water partition coefficient (Wildman–Crippen LogP) is 3.01. The van der Waals surface area contributed by atoms with E-state index in [-0.39, 0.29) is 17.7 Å². The van der Waals surface area contributed by atoms with E-state index in [1.807, 2.05) is 6.92 Å². The summed E-state index contributed by atoms with van der Waals surface area (Å²) in [5, 5.41) is 12.4. The molecule has 98 valence electrons. The first-order valence-electron chi connectivity index (χ1n) is 6.48. The Labute approximate surface area is 108 Å². The van der Waals surface area contributed by atoms with Crippen LogP contribution in [0.15, 0.2) is 18.2 Å². The van der Waals surface area contributed by atoms with E-state index in [2.05, 4.69) is 19.2 Å². The maximum atomic E-state index is 12.2. The van der Waals surface area contributed by atoms with Gasteiger partial charge in [-0.2, -0.15) is 0 Å². The Morgan fingerprint density at radius 1 is 1.44 bits per heavy atom. The van der Waals surface area contributed by atoms with E-state index in [0.29, 0.717) is 11.0 Å². The highest BCUT2D eigenvalue weighted by atomic mass is 16.3. The first kappa shape index (κ1) is 12.9. The Bertz CT molecular complexity index is 466. The molecule has 0 radical (unpaired) electrons. The maximum Gasteiger partial charge on any atom is 0.251 e. The highest BCUT2D eigenvalue weighted by Crippen LogP contribution is 2.37. The lowest BCUT2D eigenvalue weighted by Gasteiger charge is -2.18. The Hall–Kier alpha value is -1.51. The van der Waals surface area contributed by atoms with Gasteiger partial charge in [0.05, 0.1) is 0 Å². The minimum atomic E-state index is -0.0322. The summed E-state index contributed by atoms with van der Waals surface area (Å²) >= 11 is 0. The highest BCUT2D eigenvalue weighted by molar-refractivity contribution is 5.96. The SMILES string of the molecule is Cc1cc(O)ccc1C(=O)NC1CCC(C)(C)C1. The van der Waals surface area contributed by atoms with Crippen LogP contribution in [-0.4, -0.2) is 17.1 Å². The molecule has 1 aliphatic rings. The largest absolute Gasteiger partial charge is 0.508 e. The third-order valence-electron chi connectivity index (χ3n) is 3.76. The van der Waals surface area contributed by atoms with E-state index < -0.39 is 0 Å². The first-order chi connectivity index (χ1) is 8.37. The molecule has 0 bridgehead atoms. The third-order valence-corrected chi connectivity index (χ3v) is 3.76. The molecule has 2 rings (SSSR count). The molecule has 1 atom stereocenters. The quantitative estimate of drug-likeness (QED) is 0.844. The zero-order chi connectivity index (χ0) is 13.3. The van der Waals surface area contributed by atoms with Crippen LogP contribution in [-0.2, 0) is 0 Å². The van der Waals surface area contributed by atoms with Crippen LogP contribution in [0.3, 0.4) is 0 Å². The molecule has 1 unspecified atom stereocenters. The number of aromatic hydroxyl groups is 1. The van der Waals surface area contributed by atoms with Crippen LogP contribution in [0.1, 0.15) is 49.0 Å². The number of rotatable bonds is 2. The van der Waals surface area contributed by atoms with Crippen molar-refractivity contribution in [3.8, 4) is 5.75 Å². The fraction of sp³-hybridized carbons (Fsp3) is 0.533. The normalized spacial score (nSPS) is 21.8. The Kier molecular flexibility index (Phi) is 3.33. The van der Waals surface area contributed by atoms with Gasteiger partial charge in [0.2, 0.25) is 0 Å². The van der Waals surface area contributed by atoms with E-state index in [1.165, 1.54) is 0 Å². The zero-order valence-corrected chi connectivity index (χ0v) is 11.3. The van der Waals surface area contributed by atoms with Crippen molar-refractivity contribution in [3.05, 3.63) is 29.3 Å². The van der Waals surface area contributed by atoms with Crippen molar-refractivity contribution in [3.63, 3.8) is 0 Å². The fourth-order valence-corrected chi connectivity index (χ4v) is 2.73. The Morgan fingerprint density at radius 3 is 2.72 bits per heavy atom. The standard InChI is InChI=1S/C15H21NO2/c1-10-8-12(17)4-5-13(10)14(18)16-11-6-7-15(2,3)9-11/h4-5,8,11,17H,6-7,9H2,1-3H3,(H,16,18). The second-order valence-electron chi connectivity index (χ2n) is 6.08. The monoisotopic (exact) mass is 247 g/mol. The minimum Gasteiger partial charge on any atom is -0.508 e. The summed E-state index contributed by atoms with van der Waals surface area (Å²) in [6.45, 7) is 6.32. The number of benzene rings is 1. The van der Waals surface area contributed by atoms with Gasteiger partial charge in [-0.15, -0.1) is 0 Å². The Morgan fingerprint density at radius 2 is 2.17 bits per heavy atom. The number of amides is 1. The van der Waals surface area contributed by atoms with Gasteiger partial charge in [-0.1, -0.05) is 13.8 Å². The fourth-order valence-electron chi connectivity index (χ4n) is 2.73. The molecule has 0 spiro atoms. The second-order valence-corrected chi connectivity index (χ2v) is 6.08. The number of hydrogen-bond acceptors (Lipinski definition) is 2. The number of hydrogen-bond donors (Lipinski definition) is 2. The average Bonchev–Trinajstić information content (AvgIpc) is 2.57. The molecule has 1 fully saturated rings. The summed E-state index contributed by atoms with van der Waals surface area (Å²) in [6, 6.07) is 5.13. The lowest BCUT2D eigenvalue weighted by molar-refractivity contribution is 0.0935. The smallest absolute Gasteiger partial charge is 0.251 e. The lowest BCUT2D eigenvalue weighted by Crippen LogP contribution is -2.33. The van der Waals surface area contributed by atoms with Crippen molar-refractivity contribution in [2.24, 2.45) is 5.41 Å². The van der Waals surface area contributed by atoms with Crippen molar-refractivity contribution in [2.75, 3.05) is 0 Å². The molecule has 18 heavy (non-hydrogen) atoms. The molecule has 3 heteroatoms. The number of phenolic OH excluding ortho intramolecular Hbond substituents is 1. The molecule has 1 aliphatic carbocycles. The molecule has 0 aromatic heterocycles. The van der Waals surface area contributed by atoms with E-state index >= 15 is 0 Å². The van der Waals surface area contributed by atoms with Gasteiger partial charge in [-0.05, 0) is 55.4 Å². The summed E-state index contributed by atoms with van der Waals surface area (Å²) in [5.41, 5.74) is 1.80. The van der Waals surface area contributed by atoms with Gasteiger partial charge in [0, 0.05) is 11.6 Å². The van der Waals surface area contributed by atoms with Crippen LogP contribution < -0.4 is 5.32 Å². The van der Waals surface area contributed by atoms with E-state index in [0.717, 1.165) is 24.8 Å². The van der Waals surface area contributed by atoms with E-state index in [1.54, 1.807) is 18.2 Å². The molecule has 0 saturated heterocycles. The van der Waals surface area contributed by atoms with Crippen LogP contribution >= 0.6 is 0 Å². The molecule has 1 amide bonds. The number of nitrogens with one attached hydrogen (secondary N) is 1. The third kappa shape index (κ3) is 2.84. The van der Waals surface area contributed by atoms with Crippen molar-refractivity contribution >= 4 is 5.91 Å². The molecule has 1 aromatic carbocycles. The average molecular weight is 247 g/mol. The number of carbonyl (C=O) groups is 1. The van der Waals surface area contributed by atoms with Gasteiger partial charge in [0.25, 0.3) is 5.91 Å². The van der Waals surface area contributed by atoms with Gasteiger partial charge in [-0.25, -0.2) is 0 Å². The van der Waals surface area contributed by atoms with Crippen LogP contribution in [0.4, 0.5) is 0 Å². The van der Waals surface area contributed by atoms with Crippen LogP contribution in [0.2, 0.25) is 0 Å². The molecule has 2 N–H and O–H groups in total. The summed E-state index contributed by atoms with van der Waals surface area (Å²) in [6.07, 6.45) is 3.25. The van der Waals surface area contributed by atoms with Gasteiger partial charge in [0.1, 0.15) is 5.75 Å². The number of phenols is 1. The van der Waals surface area contributed by atoms with E-state index in [4.69, 9.17) is 0 Å². The van der Waals surface area contributed by atoms with Crippen LogP contribution in [0.25, 0.3) is 0 Å². The van der Waals surface area contributed by atoms with Gasteiger partial charge >= 0.3 is 0 Å². The maximum absolute atomic E-state index is 12.2. The first-order valence-corrected chi connectivity index (χ1v) is 6.48. The molecule has 1 saturated carbocycles. The second kappa shape index (κ2) is 4.63. The van der Waals surface area contributed by atoms with E-state index in [9.17, 15) is 9.90 Å². The predicted molar refractivity (Wildman–Crippen MR) is 71.7 cm³/mol. The van der Waals surface area contributed by atoms with Crippen LogP contribution in [0.5, 0.6) is 5.75 Å². The summed E-state index contributed by atoms with van der Waals surface area (Å²) in [5.74, 6) is 0.168. The summed E-state index contributed by atoms with van der Waals surface area (Å²) < 4.78 is 0. The zero-order valence-electron chi connectivity index (χ0n) is 11.3. The lowest BCUT2D eigenvalue weighted by atomic mass is 9.92. The van der Waals surface area contributed by atoms with Gasteiger partial charge in [0.15, 0.2) is 0 Å². The van der Waals surface area contributed by atoms with Crippen molar-refractivity contribution in [1.82, 2.24) is 5.32 Å². The molecule has 3 nitrogen and oxygen atoms in total. The topological polar surface area (TPSA) is 49.3 Å². The van der Waals surface area contributed by atoms with Crippen molar-refractivity contribution < 1.29 is 9.90 Å². The Balaban J connectivity index is 2.04. The molecule has 1 aromatic rings. The summed E-state index contributed by atoms with van der Waals surface area (Å²) in [4.78, 5) is 12.2. The van der Waals surface area contributed by atoms with Gasteiger partial charge < -0.3 is 10.4 Å². The molecular formula is C15H21NO2. The molecule has 0 aliphatic heterocycles. The molecule has 0 heterocycles. The molecular weight excluding hydrogens is 226 g/mol.